The molecule has 2 heterocycles. The van der Waals surface area contributed by atoms with Crippen molar-refractivity contribution in [3.8, 4) is 0 Å². The molecule has 4 heteroatoms. The van der Waals surface area contributed by atoms with Crippen molar-refractivity contribution < 1.29 is 0 Å². The van der Waals surface area contributed by atoms with Crippen molar-refractivity contribution in [2.45, 2.75) is 19.9 Å². The fourth-order valence-electron chi connectivity index (χ4n) is 1.55. The third-order valence-electron chi connectivity index (χ3n) is 2.37. The maximum absolute atomic E-state index is 4.19. The van der Waals surface area contributed by atoms with Gasteiger partial charge < -0.3 is 5.32 Å². The molecule has 0 bridgehead atoms. The molecule has 0 aliphatic rings. The van der Waals surface area contributed by atoms with E-state index in [4.69, 9.17) is 0 Å². The van der Waals surface area contributed by atoms with E-state index >= 15 is 0 Å². The van der Waals surface area contributed by atoms with E-state index in [1.54, 1.807) is 23.7 Å². The molecule has 0 spiro atoms. The highest BCUT2D eigenvalue weighted by atomic mass is 32.1. The van der Waals surface area contributed by atoms with E-state index in [1.165, 1.54) is 4.88 Å². The minimum absolute atomic E-state index is 0.280. The van der Waals surface area contributed by atoms with Crippen molar-refractivity contribution in [2.75, 3.05) is 5.32 Å². The standard InChI is InChI=1S/C12H15N3S/c1-9(2)11(10-5-3-8-16-10)15-12-13-6-4-7-14-12/h3-9,11H,1-2H3,(H,13,14,15). The summed E-state index contributed by atoms with van der Waals surface area (Å²) < 4.78 is 0. The summed E-state index contributed by atoms with van der Waals surface area (Å²) in [6.45, 7) is 4.39. The van der Waals surface area contributed by atoms with Gasteiger partial charge in [-0.2, -0.15) is 0 Å². The molecule has 0 aromatic carbocycles. The van der Waals surface area contributed by atoms with Crippen molar-refractivity contribution in [1.82, 2.24) is 9.97 Å². The molecule has 0 amide bonds. The molecule has 2 rings (SSSR count). The van der Waals surface area contributed by atoms with Crippen LogP contribution in [0.5, 0.6) is 0 Å². The van der Waals surface area contributed by atoms with Crippen LogP contribution in [0.25, 0.3) is 0 Å². The Labute approximate surface area is 99.6 Å². The lowest BCUT2D eigenvalue weighted by Crippen LogP contribution is -2.17. The topological polar surface area (TPSA) is 37.8 Å². The Morgan fingerprint density at radius 3 is 2.50 bits per heavy atom. The fraction of sp³-hybridized carbons (Fsp3) is 0.333. The SMILES string of the molecule is CC(C)C(Nc1ncccn1)c1cccs1. The Balaban J connectivity index is 2.16. The summed E-state index contributed by atoms with van der Waals surface area (Å²) in [6, 6.07) is 6.32. The van der Waals surface area contributed by atoms with Crippen LogP contribution in [0.1, 0.15) is 24.8 Å². The first kappa shape index (κ1) is 11.1. The van der Waals surface area contributed by atoms with Crippen molar-refractivity contribution in [3.63, 3.8) is 0 Å². The quantitative estimate of drug-likeness (QED) is 0.880. The van der Waals surface area contributed by atoms with E-state index < -0.39 is 0 Å². The summed E-state index contributed by atoms with van der Waals surface area (Å²) in [7, 11) is 0. The third-order valence-corrected chi connectivity index (χ3v) is 3.32. The van der Waals surface area contributed by atoms with Gasteiger partial charge in [0.2, 0.25) is 5.95 Å². The van der Waals surface area contributed by atoms with Crippen LogP contribution in [0, 0.1) is 5.92 Å². The maximum atomic E-state index is 4.19. The number of nitrogens with one attached hydrogen (secondary N) is 1. The number of thiophene rings is 1. The van der Waals surface area contributed by atoms with Crippen molar-refractivity contribution in [2.24, 2.45) is 5.92 Å². The van der Waals surface area contributed by atoms with Crippen molar-refractivity contribution in [3.05, 3.63) is 40.8 Å². The molecule has 0 saturated heterocycles. The number of anilines is 1. The highest BCUT2D eigenvalue weighted by Crippen LogP contribution is 2.28. The van der Waals surface area contributed by atoms with Crippen LogP contribution in [0.4, 0.5) is 5.95 Å². The molecule has 0 aliphatic carbocycles. The third kappa shape index (κ3) is 2.58. The molecule has 0 aliphatic heterocycles. The highest BCUT2D eigenvalue weighted by Gasteiger charge is 2.17. The predicted octanol–water partition coefficient (Wildman–Crippen LogP) is 3.35. The zero-order chi connectivity index (χ0) is 11.4. The molecule has 2 aromatic rings. The summed E-state index contributed by atoms with van der Waals surface area (Å²) in [4.78, 5) is 9.71. The Hall–Kier alpha value is -1.42. The van der Waals surface area contributed by atoms with Gasteiger partial charge in [-0.3, -0.25) is 0 Å². The fourth-order valence-corrected chi connectivity index (χ4v) is 2.50. The lowest BCUT2D eigenvalue weighted by atomic mass is 10.0. The van der Waals surface area contributed by atoms with Crippen LogP contribution in [0.15, 0.2) is 36.0 Å². The van der Waals surface area contributed by atoms with Gasteiger partial charge in [-0.1, -0.05) is 19.9 Å². The van der Waals surface area contributed by atoms with Crippen LogP contribution >= 0.6 is 11.3 Å². The smallest absolute Gasteiger partial charge is 0.223 e. The van der Waals surface area contributed by atoms with Gasteiger partial charge in [0, 0.05) is 17.3 Å². The van der Waals surface area contributed by atoms with Crippen molar-refractivity contribution in [1.29, 1.82) is 0 Å². The number of aromatic nitrogens is 2. The van der Waals surface area contributed by atoms with Gasteiger partial charge in [-0.25, -0.2) is 9.97 Å². The first-order chi connectivity index (χ1) is 7.77. The van der Waals surface area contributed by atoms with Crippen LogP contribution in [-0.2, 0) is 0 Å². The van der Waals surface area contributed by atoms with Gasteiger partial charge in [-0.15, -0.1) is 11.3 Å². The molecule has 0 fully saturated rings. The first-order valence-electron chi connectivity index (χ1n) is 5.34. The van der Waals surface area contributed by atoms with E-state index in [2.05, 4.69) is 46.6 Å². The summed E-state index contributed by atoms with van der Waals surface area (Å²) in [5.41, 5.74) is 0. The van der Waals surface area contributed by atoms with E-state index in [-0.39, 0.29) is 6.04 Å². The molecule has 2 aromatic heterocycles. The molecule has 0 radical (unpaired) electrons. The van der Waals surface area contributed by atoms with Crippen LogP contribution in [-0.4, -0.2) is 9.97 Å². The summed E-state index contributed by atoms with van der Waals surface area (Å²) >= 11 is 1.76. The van der Waals surface area contributed by atoms with Gasteiger partial charge >= 0.3 is 0 Å². The number of hydrogen-bond acceptors (Lipinski definition) is 4. The monoisotopic (exact) mass is 233 g/mol. The zero-order valence-electron chi connectivity index (χ0n) is 9.42. The number of hydrogen-bond donors (Lipinski definition) is 1. The van der Waals surface area contributed by atoms with E-state index in [1.807, 2.05) is 6.07 Å². The average molecular weight is 233 g/mol. The molecule has 0 saturated carbocycles. The summed E-state index contributed by atoms with van der Waals surface area (Å²) in [5, 5.41) is 5.46. The van der Waals surface area contributed by atoms with Gasteiger partial charge in [0.15, 0.2) is 0 Å². The lowest BCUT2D eigenvalue weighted by molar-refractivity contribution is 0.550. The van der Waals surface area contributed by atoms with Crippen molar-refractivity contribution >= 4 is 17.3 Å². The summed E-state index contributed by atoms with van der Waals surface area (Å²) in [6.07, 6.45) is 3.50. The molecule has 3 nitrogen and oxygen atoms in total. The number of nitrogens with zero attached hydrogens (tertiary/aromatic N) is 2. The minimum Gasteiger partial charge on any atom is -0.346 e. The van der Waals surface area contributed by atoms with Gasteiger partial charge in [0.25, 0.3) is 0 Å². The van der Waals surface area contributed by atoms with Crippen LogP contribution in [0.3, 0.4) is 0 Å². The predicted molar refractivity (Wildman–Crippen MR) is 67.6 cm³/mol. The molecule has 1 atom stereocenters. The Morgan fingerprint density at radius 2 is 1.94 bits per heavy atom. The minimum atomic E-state index is 0.280. The largest absolute Gasteiger partial charge is 0.346 e. The number of rotatable bonds is 4. The van der Waals surface area contributed by atoms with E-state index in [0.717, 1.165) is 0 Å². The molecular formula is C12H15N3S. The van der Waals surface area contributed by atoms with Gasteiger partial charge in [0.1, 0.15) is 0 Å². The van der Waals surface area contributed by atoms with E-state index in [9.17, 15) is 0 Å². The average Bonchev–Trinajstić information content (AvgIpc) is 2.80. The van der Waals surface area contributed by atoms with Crippen LogP contribution < -0.4 is 5.32 Å². The Bertz CT molecular complexity index is 411. The first-order valence-corrected chi connectivity index (χ1v) is 6.22. The van der Waals surface area contributed by atoms with Gasteiger partial charge in [0.05, 0.1) is 6.04 Å². The molecule has 1 unspecified atom stereocenters. The highest BCUT2D eigenvalue weighted by molar-refractivity contribution is 7.10. The maximum Gasteiger partial charge on any atom is 0.223 e. The lowest BCUT2D eigenvalue weighted by Gasteiger charge is -2.20. The van der Waals surface area contributed by atoms with Gasteiger partial charge in [-0.05, 0) is 23.4 Å². The van der Waals surface area contributed by atoms with Crippen LogP contribution in [0.2, 0.25) is 0 Å². The molecule has 1 N–H and O–H groups in total. The zero-order valence-corrected chi connectivity index (χ0v) is 10.2. The second-order valence-corrected chi connectivity index (χ2v) is 4.93. The second-order valence-electron chi connectivity index (χ2n) is 3.95. The molecule has 84 valence electrons. The van der Waals surface area contributed by atoms with E-state index in [0.29, 0.717) is 11.9 Å². The normalized spacial score (nSPS) is 12.7. The Kier molecular flexibility index (Phi) is 3.51. The Morgan fingerprint density at radius 1 is 1.19 bits per heavy atom. The summed E-state index contributed by atoms with van der Waals surface area (Å²) in [5.74, 6) is 1.19. The second kappa shape index (κ2) is 5.07. The molecule has 16 heavy (non-hydrogen) atoms. The molecular weight excluding hydrogens is 218 g/mol.